The summed E-state index contributed by atoms with van der Waals surface area (Å²) < 4.78 is 68.3. The highest BCUT2D eigenvalue weighted by molar-refractivity contribution is 9.10. The zero-order valence-corrected chi connectivity index (χ0v) is 24.9. The first-order valence-electron chi connectivity index (χ1n) is 14.2. The molecule has 1 aromatic heterocycles. The fraction of sp³-hybridized carbons (Fsp3) is 0.679. The van der Waals surface area contributed by atoms with E-state index in [0.29, 0.717) is 19.7 Å². The van der Waals surface area contributed by atoms with Crippen LogP contribution in [0.2, 0.25) is 0 Å². The molecule has 4 aliphatic heterocycles. The van der Waals surface area contributed by atoms with Crippen molar-refractivity contribution in [3.8, 4) is 6.01 Å². The molecule has 1 amide bonds. The molecule has 5 heterocycles. The molecule has 224 valence electrons. The molecule has 0 spiro atoms. The Labute approximate surface area is 244 Å². The van der Waals surface area contributed by atoms with Crippen LogP contribution in [-0.2, 0) is 10.9 Å². The van der Waals surface area contributed by atoms with Gasteiger partial charge in [0.15, 0.2) is 5.82 Å². The van der Waals surface area contributed by atoms with Gasteiger partial charge in [0.25, 0.3) is 0 Å². The van der Waals surface area contributed by atoms with Crippen LogP contribution < -0.4 is 9.64 Å². The molecule has 4 fully saturated rings. The number of aromatic nitrogens is 2. The molecule has 0 N–H and O–H groups in total. The van der Waals surface area contributed by atoms with Gasteiger partial charge in [-0.05, 0) is 94.4 Å². The number of carbonyl (C=O) groups is 1. The summed E-state index contributed by atoms with van der Waals surface area (Å²) in [6, 6.07) is 0.403. The lowest BCUT2D eigenvalue weighted by Gasteiger charge is -2.42. The highest BCUT2D eigenvalue weighted by Gasteiger charge is 2.47. The van der Waals surface area contributed by atoms with Gasteiger partial charge >= 0.3 is 18.3 Å². The van der Waals surface area contributed by atoms with E-state index < -0.39 is 33.7 Å². The van der Waals surface area contributed by atoms with E-state index in [1.807, 2.05) is 4.90 Å². The number of hydrogen-bond donors (Lipinski definition) is 0. The van der Waals surface area contributed by atoms with E-state index in [1.54, 1.807) is 25.7 Å². The van der Waals surface area contributed by atoms with E-state index in [-0.39, 0.29) is 40.4 Å². The van der Waals surface area contributed by atoms with Crippen molar-refractivity contribution < 1.29 is 31.8 Å². The highest BCUT2D eigenvalue weighted by Crippen LogP contribution is 2.43. The van der Waals surface area contributed by atoms with E-state index in [0.717, 1.165) is 57.7 Å². The van der Waals surface area contributed by atoms with Crippen LogP contribution in [0.1, 0.15) is 64.9 Å². The normalized spacial score (nSPS) is 24.3. The summed E-state index contributed by atoms with van der Waals surface area (Å²) in [5, 5.41) is -0.0444. The lowest BCUT2D eigenvalue weighted by molar-refractivity contribution is -0.138. The molecule has 0 unspecified atom stereocenters. The highest BCUT2D eigenvalue weighted by atomic mass is 79.9. The number of alkyl halides is 3. The summed E-state index contributed by atoms with van der Waals surface area (Å²) in [7, 11) is 0. The van der Waals surface area contributed by atoms with Gasteiger partial charge in [0, 0.05) is 18.5 Å². The van der Waals surface area contributed by atoms with Gasteiger partial charge in [-0.3, -0.25) is 9.80 Å². The molecule has 8 nitrogen and oxygen atoms in total. The number of ether oxygens (including phenoxy) is 2. The third-order valence-electron chi connectivity index (χ3n) is 8.80. The van der Waals surface area contributed by atoms with Crippen LogP contribution in [-0.4, -0.2) is 81.9 Å². The SMILES string of the molecule is CC(C)(C)OC(=O)N1[C@@H]2CC[C@H]1CN(c1nc(OCC34CCCN3CCC4)nc3c(F)c(Br)c(C(F)(F)F)cc13)C2. The van der Waals surface area contributed by atoms with Crippen molar-refractivity contribution in [1.29, 1.82) is 0 Å². The standard InChI is InChI=1S/C28H34BrF4N5O3/c1-26(2,3)41-25(39)38-16-6-7-17(38)14-36(13-16)23-18-12-19(28(31,32)33)20(29)21(30)22(18)34-24(35-23)40-15-27-8-4-10-37(27)11-5-9-27/h12,16-17H,4-11,13-15H2,1-3H3/t16-,17+. The average Bonchev–Trinajstić information content (AvgIpc) is 3.53. The van der Waals surface area contributed by atoms with E-state index in [1.165, 1.54) is 0 Å². The zero-order chi connectivity index (χ0) is 29.3. The van der Waals surface area contributed by atoms with Crippen LogP contribution >= 0.6 is 15.9 Å². The first-order valence-corrected chi connectivity index (χ1v) is 15.0. The molecule has 4 aliphatic rings. The van der Waals surface area contributed by atoms with Crippen molar-refractivity contribution in [1.82, 2.24) is 19.8 Å². The van der Waals surface area contributed by atoms with Crippen molar-refractivity contribution in [2.24, 2.45) is 0 Å². The van der Waals surface area contributed by atoms with Crippen molar-refractivity contribution in [2.75, 3.05) is 37.7 Å². The number of hydrogen-bond acceptors (Lipinski definition) is 7. The van der Waals surface area contributed by atoms with Crippen LogP contribution in [0.4, 0.5) is 28.2 Å². The maximum atomic E-state index is 15.6. The lowest BCUT2D eigenvalue weighted by atomic mass is 9.95. The Morgan fingerprint density at radius 2 is 1.73 bits per heavy atom. The molecular formula is C28H34BrF4N5O3. The lowest BCUT2D eigenvalue weighted by Crippen LogP contribution is -2.57. The largest absolute Gasteiger partial charge is 0.461 e. The number of benzene rings is 1. The summed E-state index contributed by atoms with van der Waals surface area (Å²) in [6.45, 7) is 8.38. The van der Waals surface area contributed by atoms with Crippen LogP contribution in [0.5, 0.6) is 6.01 Å². The van der Waals surface area contributed by atoms with Gasteiger partial charge < -0.3 is 14.4 Å². The summed E-state index contributed by atoms with van der Waals surface area (Å²) in [6.07, 6.45) is 0.350. The minimum Gasteiger partial charge on any atom is -0.461 e. The zero-order valence-electron chi connectivity index (χ0n) is 23.4. The van der Waals surface area contributed by atoms with Crippen LogP contribution in [0, 0.1) is 5.82 Å². The molecule has 6 rings (SSSR count). The molecule has 1 aromatic carbocycles. The predicted molar refractivity (Wildman–Crippen MR) is 148 cm³/mol. The molecule has 0 saturated carbocycles. The fourth-order valence-electron chi connectivity index (χ4n) is 7.03. The first kappa shape index (κ1) is 28.7. The molecule has 41 heavy (non-hydrogen) atoms. The average molecular weight is 645 g/mol. The summed E-state index contributed by atoms with van der Waals surface area (Å²) in [4.78, 5) is 27.9. The number of anilines is 1. The first-order chi connectivity index (χ1) is 19.3. The van der Waals surface area contributed by atoms with Gasteiger partial charge in [-0.15, -0.1) is 0 Å². The van der Waals surface area contributed by atoms with Crippen LogP contribution in [0.25, 0.3) is 10.9 Å². The number of fused-ring (bicyclic) bond motifs is 4. The Kier molecular flexibility index (Phi) is 7.07. The molecule has 0 aliphatic carbocycles. The Hall–Kier alpha value is -2.41. The second-order valence-corrected chi connectivity index (χ2v) is 13.5. The molecule has 2 bridgehead atoms. The van der Waals surface area contributed by atoms with Gasteiger partial charge in [0.05, 0.1) is 27.7 Å². The second kappa shape index (κ2) is 10.1. The van der Waals surface area contributed by atoms with Crippen molar-refractivity contribution in [3.05, 3.63) is 21.9 Å². The monoisotopic (exact) mass is 643 g/mol. The van der Waals surface area contributed by atoms with E-state index in [9.17, 15) is 18.0 Å². The summed E-state index contributed by atoms with van der Waals surface area (Å²) in [5.41, 5.74) is -2.15. The topological polar surface area (TPSA) is 71.0 Å². The van der Waals surface area contributed by atoms with Gasteiger partial charge in [-0.25, -0.2) is 9.18 Å². The number of nitrogens with zero attached hydrogens (tertiary/aromatic N) is 5. The van der Waals surface area contributed by atoms with E-state index in [2.05, 4.69) is 30.8 Å². The Morgan fingerprint density at radius 1 is 1.10 bits per heavy atom. The number of carbonyl (C=O) groups excluding carboxylic acids is 1. The van der Waals surface area contributed by atoms with E-state index in [4.69, 9.17) is 9.47 Å². The maximum absolute atomic E-state index is 15.6. The van der Waals surface area contributed by atoms with Gasteiger partial charge in [0.1, 0.15) is 23.5 Å². The molecule has 13 heteroatoms. The molecular weight excluding hydrogens is 610 g/mol. The molecule has 2 aromatic rings. The Bertz CT molecular complexity index is 1340. The quantitative estimate of drug-likeness (QED) is 0.370. The van der Waals surface area contributed by atoms with Gasteiger partial charge in [-0.2, -0.15) is 23.1 Å². The summed E-state index contributed by atoms with van der Waals surface area (Å²) in [5.74, 6) is -0.935. The van der Waals surface area contributed by atoms with E-state index >= 15 is 4.39 Å². The Balaban J connectivity index is 1.37. The smallest absolute Gasteiger partial charge is 0.417 e. The number of piperazine rings is 1. The fourth-order valence-corrected chi connectivity index (χ4v) is 7.56. The Morgan fingerprint density at radius 3 is 2.32 bits per heavy atom. The molecule has 0 radical (unpaired) electrons. The minimum absolute atomic E-state index is 0.0444. The third kappa shape index (κ3) is 5.21. The minimum atomic E-state index is -4.79. The number of halogens is 5. The van der Waals surface area contributed by atoms with Crippen LogP contribution in [0.3, 0.4) is 0 Å². The summed E-state index contributed by atoms with van der Waals surface area (Å²) >= 11 is 2.81. The van der Waals surface area contributed by atoms with Crippen molar-refractivity contribution >= 4 is 38.7 Å². The molecule has 4 saturated heterocycles. The maximum Gasteiger partial charge on any atom is 0.417 e. The predicted octanol–water partition coefficient (Wildman–Crippen LogP) is 6.15. The van der Waals surface area contributed by atoms with Gasteiger partial charge in [-0.1, -0.05) is 0 Å². The molecule has 2 atom stereocenters. The van der Waals surface area contributed by atoms with Crippen LogP contribution in [0.15, 0.2) is 10.5 Å². The van der Waals surface area contributed by atoms with Crippen molar-refractivity contribution in [2.45, 2.75) is 88.7 Å². The van der Waals surface area contributed by atoms with Gasteiger partial charge in [0.2, 0.25) is 0 Å². The number of rotatable bonds is 4. The van der Waals surface area contributed by atoms with Crippen molar-refractivity contribution in [3.63, 3.8) is 0 Å². The second-order valence-electron chi connectivity index (χ2n) is 12.7. The number of amides is 1. The third-order valence-corrected chi connectivity index (χ3v) is 9.58.